The van der Waals surface area contributed by atoms with Crippen LogP contribution in [0.1, 0.15) is 278 Å². The number of hydrogen-bond acceptors (Lipinski definition) is 7. The Bertz CT molecular complexity index is 1590. The van der Waals surface area contributed by atoms with Gasteiger partial charge in [0.2, 0.25) is 5.91 Å². The molecule has 0 aromatic rings. The number of rotatable bonds is 57. The third kappa shape index (κ3) is 57.7. The van der Waals surface area contributed by atoms with E-state index >= 15 is 0 Å². The average Bonchev–Trinajstić information content (AvgIpc) is 3.39. The largest absolute Gasteiger partial charge is 0.756 e. The van der Waals surface area contributed by atoms with Crippen molar-refractivity contribution in [2.24, 2.45) is 0 Å². The molecule has 0 spiro atoms. The fourth-order valence-electron chi connectivity index (χ4n) is 8.94. The van der Waals surface area contributed by atoms with Crippen LogP contribution in [0.3, 0.4) is 0 Å². The number of phosphoric acid groups is 1. The van der Waals surface area contributed by atoms with E-state index < -0.39 is 26.6 Å². The molecule has 10 heteroatoms. The fourth-order valence-corrected chi connectivity index (χ4v) is 9.66. The highest BCUT2D eigenvalue weighted by Crippen LogP contribution is 2.38. The zero-order valence-electron chi connectivity index (χ0n) is 50.9. The molecule has 0 saturated heterocycles. The highest BCUT2D eigenvalue weighted by atomic mass is 31.2. The van der Waals surface area contributed by atoms with E-state index in [1.165, 1.54) is 148 Å². The van der Waals surface area contributed by atoms with Crippen LogP contribution < -0.4 is 10.2 Å². The van der Waals surface area contributed by atoms with E-state index in [1.54, 1.807) is 0 Å². The lowest BCUT2D eigenvalue weighted by Crippen LogP contribution is -2.47. The lowest BCUT2D eigenvalue weighted by molar-refractivity contribution is -0.870. The van der Waals surface area contributed by atoms with E-state index in [1.807, 2.05) is 33.3 Å². The molecule has 77 heavy (non-hydrogen) atoms. The monoisotopic (exact) mass is 1100 g/mol. The second-order valence-electron chi connectivity index (χ2n) is 22.5. The number of nitrogens with zero attached hydrogens (tertiary/aromatic N) is 1. The van der Waals surface area contributed by atoms with Crippen molar-refractivity contribution in [1.82, 2.24) is 5.32 Å². The molecule has 9 nitrogen and oxygen atoms in total. The highest BCUT2D eigenvalue weighted by molar-refractivity contribution is 7.45. The van der Waals surface area contributed by atoms with Crippen LogP contribution >= 0.6 is 7.82 Å². The maximum absolute atomic E-state index is 13.5. The van der Waals surface area contributed by atoms with Gasteiger partial charge in [-0.1, -0.05) is 267 Å². The summed E-state index contributed by atoms with van der Waals surface area (Å²) in [5.74, 6) is -0.588. The molecule has 0 aromatic carbocycles. The maximum Gasteiger partial charge on any atom is 0.306 e. The van der Waals surface area contributed by atoms with Crippen LogP contribution in [0.5, 0.6) is 0 Å². The van der Waals surface area contributed by atoms with Gasteiger partial charge in [-0.15, -0.1) is 0 Å². The number of nitrogens with one attached hydrogen (secondary N) is 1. The molecule has 3 unspecified atom stereocenters. The van der Waals surface area contributed by atoms with Gasteiger partial charge in [0.25, 0.3) is 7.82 Å². The number of allylic oxidation sites excluding steroid dienone is 13. The third-order valence-electron chi connectivity index (χ3n) is 13.8. The van der Waals surface area contributed by atoms with Crippen LogP contribution in [-0.4, -0.2) is 69.4 Å². The van der Waals surface area contributed by atoms with Gasteiger partial charge in [-0.2, -0.15) is 0 Å². The van der Waals surface area contributed by atoms with Gasteiger partial charge in [0.05, 0.1) is 33.8 Å². The van der Waals surface area contributed by atoms with Crippen molar-refractivity contribution < 1.29 is 37.3 Å². The first-order valence-corrected chi connectivity index (χ1v) is 33.4. The number of unbranched alkanes of at least 4 members (excludes halogenated alkanes) is 29. The number of amides is 1. The van der Waals surface area contributed by atoms with Crippen molar-refractivity contribution in [3.05, 3.63) is 85.1 Å². The summed E-state index contributed by atoms with van der Waals surface area (Å²) in [6, 6.07) is -0.913. The Labute approximate surface area is 476 Å². The first-order chi connectivity index (χ1) is 37.4. The summed E-state index contributed by atoms with van der Waals surface area (Å²) < 4.78 is 30.3. The van der Waals surface area contributed by atoms with Crippen LogP contribution in [0.25, 0.3) is 0 Å². The molecule has 1 amide bonds. The van der Waals surface area contributed by atoms with E-state index in [2.05, 4.69) is 99.0 Å². The van der Waals surface area contributed by atoms with Gasteiger partial charge in [0.15, 0.2) is 0 Å². The Morgan fingerprint density at radius 2 is 0.831 bits per heavy atom. The number of carbonyl (C=O) groups excluding carboxylic acids is 2. The van der Waals surface area contributed by atoms with Gasteiger partial charge in [0, 0.05) is 12.8 Å². The summed E-state index contributed by atoms with van der Waals surface area (Å²) in [7, 11) is 1.15. The van der Waals surface area contributed by atoms with Crippen molar-refractivity contribution in [3.63, 3.8) is 0 Å². The molecule has 0 aromatic heterocycles. The van der Waals surface area contributed by atoms with Crippen LogP contribution in [0.15, 0.2) is 85.1 Å². The Kier molecular flexibility index (Phi) is 54.4. The number of likely N-dealkylation sites (N-methyl/N-ethyl adjacent to an activating group) is 1. The lowest BCUT2D eigenvalue weighted by atomic mass is 10.0. The second-order valence-corrected chi connectivity index (χ2v) is 23.9. The minimum absolute atomic E-state index is 0.0332. The summed E-state index contributed by atoms with van der Waals surface area (Å²) >= 11 is 0. The molecule has 0 aliphatic heterocycles. The Hall–Kier alpha value is -2.81. The predicted octanol–water partition coefficient (Wildman–Crippen LogP) is 19.1. The first-order valence-electron chi connectivity index (χ1n) is 31.9. The van der Waals surface area contributed by atoms with Gasteiger partial charge in [-0.25, -0.2) is 0 Å². The summed E-state index contributed by atoms with van der Waals surface area (Å²) in [4.78, 5) is 40.0. The molecule has 0 heterocycles. The molecular formula is C67H121N2O7P. The fraction of sp³-hybridized carbons (Fsp3) is 0.761. The van der Waals surface area contributed by atoms with Crippen molar-refractivity contribution in [2.75, 3.05) is 40.9 Å². The maximum atomic E-state index is 13.5. The average molecular weight is 1100 g/mol. The van der Waals surface area contributed by atoms with Gasteiger partial charge < -0.3 is 28.5 Å². The quantitative estimate of drug-likeness (QED) is 0.0212. The number of quaternary nitrogens is 1. The summed E-state index contributed by atoms with van der Waals surface area (Å²) in [5, 5.41) is 3.00. The van der Waals surface area contributed by atoms with Crippen LogP contribution in [-0.2, 0) is 27.9 Å². The van der Waals surface area contributed by atoms with Crippen LogP contribution in [0.2, 0.25) is 0 Å². The SMILES string of the molecule is CC/C=C\C/C=C\C/C=C\C/C=C\C/C=C\C/C=C\CCCCC(=O)NC(COP(=O)([O-])OCC[N+](C)(C)C)C(/C=C/CCCCCCCCCCC)OC(=O)CCCCCCCCCCCCCCCCCCCCC. The number of esters is 1. The lowest BCUT2D eigenvalue weighted by Gasteiger charge is -2.30. The summed E-state index contributed by atoms with van der Waals surface area (Å²) in [6.45, 7) is 6.70. The smallest absolute Gasteiger partial charge is 0.306 e. The van der Waals surface area contributed by atoms with Crippen LogP contribution in [0, 0.1) is 0 Å². The predicted molar refractivity (Wildman–Crippen MR) is 330 cm³/mol. The topological polar surface area (TPSA) is 114 Å². The van der Waals surface area contributed by atoms with Crippen molar-refractivity contribution in [3.8, 4) is 0 Å². The molecule has 0 radical (unpaired) electrons. The first kappa shape index (κ1) is 74.2. The molecule has 0 fully saturated rings. The molecule has 0 aliphatic carbocycles. The minimum Gasteiger partial charge on any atom is -0.756 e. The zero-order chi connectivity index (χ0) is 56.4. The van der Waals surface area contributed by atoms with E-state index in [9.17, 15) is 19.0 Å². The van der Waals surface area contributed by atoms with E-state index in [0.717, 1.165) is 89.9 Å². The van der Waals surface area contributed by atoms with E-state index in [0.29, 0.717) is 17.4 Å². The number of hydrogen-bond donors (Lipinski definition) is 1. The third-order valence-corrected chi connectivity index (χ3v) is 14.8. The molecule has 1 N–H and O–H groups in total. The molecule has 0 rings (SSSR count). The van der Waals surface area contributed by atoms with Gasteiger partial charge >= 0.3 is 5.97 Å². The summed E-state index contributed by atoms with van der Waals surface area (Å²) in [5.41, 5.74) is 0. The van der Waals surface area contributed by atoms with Gasteiger partial charge in [-0.05, 0) is 83.1 Å². The molecule has 0 bridgehead atoms. The standard InChI is InChI=1S/C67H121N2O7P/c1-7-10-13-16-19-22-25-27-29-31-33-34-36-37-39-41-44-47-50-53-56-59-66(70)68-64(63-75-77(72,73)74-62-61-69(4,5)6)65(58-55-52-49-46-43-24-21-18-15-12-9-3)76-67(71)60-57-54-51-48-45-42-40-38-35-32-30-28-26-23-20-17-14-11-8-2/h10,13,19,22,27,29,33-34,37,39,44,47,55,58,64-65H,7-9,11-12,14-18,20-21,23-26,28,30-32,35-36,38,40-43,45-46,48-54,56-57,59-63H2,1-6H3,(H-,68,70,72,73)/b13-10-,22-19-,29-27-,34-33-,39-37-,47-44-,58-55+. The normalized spacial score (nSPS) is 14.2. The molecule has 0 saturated carbocycles. The van der Waals surface area contributed by atoms with E-state index in [-0.39, 0.29) is 31.3 Å². The molecule has 446 valence electrons. The zero-order valence-corrected chi connectivity index (χ0v) is 51.8. The van der Waals surface area contributed by atoms with E-state index in [4.69, 9.17) is 13.8 Å². The summed E-state index contributed by atoms with van der Waals surface area (Å²) in [6.07, 6.45) is 74.2. The molecule has 0 aliphatic rings. The molecular weight excluding hydrogens is 976 g/mol. The van der Waals surface area contributed by atoms with Gasteiger partial charge in [-0.3, -0.25) is 14.2 Å². The van der Waals surface area contributed by atoms with Gasteiger partial charge in [0.1, 0.15) is 19.3 Å². The van der Waals surface area contributed by atoms with Crippen molar-refractivity contribution >= 4 is 19.7 Å². The number of carbonyl (C=O) groups is 2. The number of phosphoric ester groups is 1. The Balaban J connectivity index is 5.26. The second kappa shape index (κ2) is 56.5. The Morgan fingerprint density at radius 3 is 1.26 bits per heavy atom. The Morgan fingerprint density at radius 1 is 0.468 bits per heavy atom. The van der Waals surface area contributed by atoms with Crippen molar-refractivity contribution in [2.45, 2.75) is 290 Å². The minimum atomic E-state index is -4.71. The van der Waals surface area contributed by atoms with Crippen molar-refractivity contribution in [1.29, 1.82) is 0 Å². The number of ether oxygens (including phenoxy) is 1. The van der Waals surface area contributed by atoms with Crippen LogP contribution in [0.4, 0.5) is 0 Å². The highest BCUT2D eigenvalue weighted by Gasteiger charge is 2.27. The molecule has 3 atom stereocenters.